The van der Waals surface area contributed by atoms with E-state index in [1.165, 1.54) is 0 Å². The predicted octanol–water partition coefficient (Wildman–Crippen LogP) is 4.05. The number of unbranched alkanes of at least 4 members (excludes halogenated alkanes) is 2. The number of carbonyl (C=O) groups excluding carboxylic acids is 1. The zero-order valence-corrected chi connectivity index (χ0v) is 12.1. The molecule has 106 valence electrons. The van der Waals surface area contributed by atoms with Gasteiger partial charge in [0.2, 0.25) is 0 Å². The summed E-state index contributed by atoms with van der Waals surface area (Å²) in [5.41, 5.74) is 5.66. The number of nitrogens with zero attached hydrogens (tertiary/aromatic N) is 1. The highest BCUT2D eigenvalue weighted by Gasteiger charge is 2.24. The lowest BCUT2D eigenvalue weighted by atomic mass is 9.88. The fourth-order valence-electron chi connectivity index (χ4n) is 2.30. The first-order chi connectivity index (χ1) is 9.02. The predicted molar refractivity (Wildman–Crippen MR) is 74.9 cm³/mol. The maximum Gasteiger partial charge on any atom is 0.252 e. The Hall–Kier alpha value is -1.16. The molecule has 1 aromatic heterocycles. The zero-order chi connectivity index (χ0) is 14.4. The van der Waals surface area contributed by atoms with E-state index in [0.29, 0.717) is 5.56 Å². The van der Waals surface area contributed by atoms with Gasteiger partial charge >= 0.3 is 0 Å². The minimum Gasteiger partial charge on any atom is -0.365 e. The van der Waals surface area contributed by atoms with Crippen LogP contribution in [0.25, 0.3) is 0 Å². The van der Waals surface area contributed by atoms with Crippen LogP contribution < -0.4 is 5.73 Å². The molecule has 0 bridgehead atoms. The summed E-state index contributed by atoms with van der Waals surface area (Å²) in [5, 5.41) is -0.0159. The summed E-state index contributed by atoms with van der Waals surface area (Å²) in [6, 6.07) is 0. The number of rotatable bonds is 7. The second-order valence-electron chi connectivity index (χ2n) is 4.65. The average molecular weight is 287 g/mol. The maximum absolute atomic E-state index is 14.0. The van der Waals surface area contributed by atoms with E-state index in [1.807, 2.05) is 6.92 Å². The molecule has 3 nitrogen and oxygen atoms in total. The summed E-state index contributed by atoms with van der Waals surface area (Å²) in [6.45, 7) is 4.08. The number of nitrogens with two attached hydrogens (primary N) is 1. The number of aromatic nitrogens is 1. The third kappa shape index (κ3) is 3.90. The maximum atomic E-state index is 14.0. The monoisotopic (exact) mass is 286 g/mol. The van der Waals surface area contributed by atoms with E-state index in [-0.39, 0.29) is 16.6 Å². The molecule has 0 radical (unpaired) electrons. The van der Waals surface area contributed by atoms with Gasteiger partial charge in [-0.05, 0) is 18.8 Å². The number of primary amides is 1. The third-order valence-corrected chi connectivity index (χ3v) is 3.61. The lowest BCUT2D eigenvalue weighted by Gasteiger charge is -2.19. The van der Waals surface area contributed by atoms with Gasteiger partial charge in [0, 0.05) is 5.56 Å². The summed E-state index contributed by atoms with van der Waals surface area (Å²) in [7, 11) is 0. The molecular weight excluding hydrogens is 267 g/mol. The topological polar surface area (TPSA) is 56.0 Å². The molecule has 1 aromatic rings. The highest BCUT2D eigenvalue weighted by molar-refractivity contribution is 6.32. The van der Waals surface area contributed by atoms with Crippen molar-refractivity contribution >= 4 is 17.5 Å². The van der Waals surface area contributed by atoms with Crippen molar-refractivity contribution < 1.29 is 9.18 Å². The van der Waals surface area contributed by atoms with Gasteiger partial charge in [-0.3, -0.25) is 4.79 Å². The van der Waals surface area contributed by atoms with Crippen molar-refractivity contribution in [3.63, 3.8) is 0 Å². The molecule has 1 heterocycles. The first kappa shape index (κ1) is 15.9. The summed E-state index contributed by atoms with van der Waals surface area (Å²) < 4.78 is 14.0. The van der Waals surface area contributed by atoms with E-state index >= 15 is 0 Å². The van der Waals surface area contributed by atoms with Gasteiger partial charge < -0.3 is 5.73 Å². The molecule has 0 spiro atoms. The minimum absolute atomic E-state index is 0.0159. The van der Waals surface area contributed by atoms with E-state index in [2.05, 4.69) is 11.9 Å². The Bertz CT molecular complexity index is 451. The summed E-state index contributed by atoms with van der Waals surface area (Å²) in [4.78, 5) is 15.1. The molecule has 0 aliphatic rings. The molecule has 0 aliphatic heterocycles. The number of carbonyl (C=O) groups is 1. The Labute approximate surface area is 118 Å². The van der Waals surface area contributed by atoms with Gasteiger partial charge in [-0.2, -0.15) is 0 Å². The van der Waals surface area contributed by atoms with Crippen LogP contribution in [0.5, 0.6) is 0 Å². The largest absolute Gasteiger partial charge is 0.365 e. The van der Waals surface area contributed by atoms with Crippen LogP contribution in [0.3, 0.4) is 0 Å². The molecule has 0 saturated heterocycles. The molecule has 19 heavy (non-hydrogen) atoms. The Kier molecular flexibility index (Phi) is 6.22. The standard InChI is InChI=1S/C14H20ClFN2O/c1-3-5-6-7-9(4-2)11-10(16)8-18-13(15)12(11)14(17)19/h8-9H,3-7H2,1-2H3,(H2,17,19). The van der Waals surface area contributed by atoms with E-state index in [9.17, 15) is 9.18 Å². The second-order valence-corrected chi connectivity index (χ2v) is 5.01. The smallest absolute Gasteiger partial charge is 0.252 e. The lowest BCUT2D eigenvalue weighted by molar-refractivity contribution is 0.0998. The Morgan fingerprint density at radius 1 is 1.47 bits per heavy atom. The Morgan fingerprint density at radius 3 is 2.68 bits per heavy atom. The summed E-state index contributed by atoms with van der Waals surface area (Å²) >= 11 is 5.88. The summed E-state index contributed by atoms with van der Waals surface area (Å²) in [6.07, 6.45) is 5.80. The van der Waals surface area contributed by atoms with Gasteiger partial charge in [0.25, 0.3) is 5.91 Å². The van der Waals surface area contributed by atoms with Crippen molar-refractivity contribution in [3.05, 3.63) is 28.3 Å². The van der Waals surface area contributed by atoms with E-state index in [1.54, 1.807) is 0 Å². The van der Waals surface area contributed by atoms with Gasteiger partial charge in [0.05, 0.1) is 11.8 Å². The molecule has 1 unspecified atom stereocenters. The summed E-state index contributed by atoms with van der Waals surface area (Å²) in [5.74, 6) is -1.27. The van der Waals surface area contributed by atoms with Crippen LogP contribution in [0.2, 0.25) is 5.15 Å². The van der Waals surface area contributed by atoms with Gasteiger partial charge in [-0.25, -0.2) is 9.37 Å². The van der Waals surface area contributed by atoms with E-state index in [0.717, 1.165) is 38.3 Å². The molecule has 1 rings (SSSR count). The minimum atomic E-state index is -0.721. The van der Waals surface area contributed by atoms with E-state index < -0.39 is 11.7 Å². The van der Waals surface area contributed by atoms with Crippen molar-refractivity contribution in [1.29, 1.82) is 0 Å². The number of hydrogen-bond donors (Lipinski definition) is 1. The molecule has 2 N–H and O–H groups in total. The van der Waals surface area contributed by atoms with Crippen LogP contribution in [0.15, 0.2) is 6.20 Å². The molecular formula is C14H20ClFN2O. The van der Waals surface area contributed by atoms with Crippen LogP contribution in [-0.4, -0.2) is 10.9 Å². The quantitative estimate of drug-likeness (QED) is 0.607. The van der Waals surface area contributed by atoms with Gasteiger partial charge in [-0.1, -0.05) is 44.7 Å². The molecule has 0 saturated carbocycles. The number of hydrogen-bond acceptors (Lipinski definition) is 2. The van der Waals surface area contributed by atoms with Crippen molar-refractivity contribution in [3.8, 4) is 0 Å². The Balaban J connectivity index is 3.14. The van der Waals surface area contributed by atoms with Crippen molar-refractivity contribution in [2.24, 2.45) is 5.73 Å². The molecule has 5 heteroatoms. The molecule has 1 atom stereocenters. The van der Waals surface area contributed by atoms with Crippen LogP contribution in [-0.2, 0) is 0 Å². The van der Waals surface area contributed by atoms with Gasteiger partial charge in [-0.15, -0.1) is 0 Å². The second kappa shape index (κ2) is 7.43. The van der Waals surface area contributed by atoms with Gasteiger partial charge in [0.1, 0.15) is 11.0 Å². The zero-order valence-electron chi connectivity index (χ0n) is 11.4. The van der Waals surface area contributed by atoms with Crippen LogP contribution in [0, 0.1) is 5.82 Å². The number of pyridine rings is 1. The van der Waals surface area contributed by atoms with Crippen molar-refractivity contribution in [2.45, 2.75) is 51.9 Å². The first-order valence-electron chi connectivity index (χ1n) is 6.66. The lowest BCUT2D eigenvalue weighted by Crippen LogP contribution is -2.18. The molecule has 0 fully saturated rings. The fourth-order valence-corrected chi connectivity index (χ4v) is 2.55. The first-order valence-corrected chi connectivity index (χ1v) is 7.04. The van der Waals surface area contributed by atoms with Crippen LogP contribution in [0.4, 0.5) is 4.39 Å². The molecule has 0 aliphatic carbocycles. The van der Waals surface area contributed by atoms with Gasteiger partial charge in [0.15, 0.2) is 0 Å². The highest BCUT2D eigenvalue weighted by atomic mass is 35.5. The van der Waals surface area contributed by atoms with Crippen LogP contribution in [0.1, 0.15) is 67.8 Å². The number of halogens is 2. The third-order valence-electron chi connectivity index (χ3n) is 3.33. The molecule has 1 amide bonds. The Morgan fingerprint density at radius 2 is 2.16 bits per heavy atom. The highest BCUT2D eigenvalue weighted by Crippen LogP contribution is 2.32. The normalized spacial score (nSPS) is 12.4. The average Bonchev–Trinajstić information content (AvgIpc) is 2.37. The van der Waals surface area contributed by atoms with Crippen molar-refractivity contribution in [1.82, 2.24) is 4.98 Å². The van der Waals surface area contributed by atoms with Crippen LogP contribution >= 0.6 is 11.6 Å². The fraction of sp³-hybridized carbons (Fsp3) is 0.571. The number of amides is 1. The van der Waals surface area contributed by atoms with E-state index in [4.69, 9.17) is 17.3 Å². The SMILES string of the molecule is CCCCCC(CC)c1c(F)cnc(Cl)c1C(N)=O. The molecule has 0 aromatic carbocycles. The van der Waals surface area contributed by atoms with Crippen molar-refractivity contribution in [2.75, 3.05) is 0 Å².